The molecule has 3 nitrogen and oxygen atoms in total. The third-order valence-electron chi connectivity index (χ3n) is 2.40. The maximum Gasteiger partial charge on any atom is 0.152 e. The molecular formula is C12H11F2N3. The van der Waals surface area contributed by atoms with Gasteiger partial charge in [-0.05, 0) is 24.6 Å². The van der Waals surface area contributed by atoms with Crippen LogP contribution in [-0.4, -0.2) is 4.98 Å². The van der Waals surface area contributed by atoms with Crippen LogP contribution < -0.4 is 11.1 Å². The third kappa shape index (κ3) is 2.18. The van der Waals surface area contributed by atoms with E-state index in [0.29, 0.717) is 16.9 Å². The van der Waals surface area contributed by atoms with Gasteiger partial charge >= 0.3 is 0 Å². The van der Waals surface area contributed by atoms with Gasteiger partial charge < -0.3 is 11.1 Å². The van der Waals surface area contributed by atoms with Crippen LogP contribution in [0.3, 0.4) is 0 Å². The van der Waals surface area contributed by atoms with Gasteiger partial charge in [0.15, 0.2) is 5.82 Å². The number of nitrogens with zero attached hydrogens (tertiary/aromatic N) is 1. The molecule has 0 bridgehead atoms. The second kappa shape index (κ2) is 4.37. The highest BCUT2D eigenvalue weighted by Crippen LogP contribution is 2.27. The van der Waals surface area contributed by atoms with Crippen molar-refractivity contribution in [1.82, 2.24) is 4.98 Å². The number of halogens is 2. The molecule has 3 N–H and O–H groups in total. The Hall–Kier alpha value is -2.17. The molecule has 0 saturated heterocycles. The fraction of sp³-hybridized carbons (Fsp3) is 0.0833. The normalized spacial score (nSPS) is 10.3. The van der Waals surface area contributed by atoms with Crippen LogP contribution in [0.5, 0.6) is 0 Å². The number of aromatic nitrogens is 1. The summed E-state index contributed by atoms with van der Waals surface area (Å²) in [4.78, 5) is 3.80. The van der Waals surface area contributed by atoms with Crippen LogP contribution in [0.25, 0.3) is 0 Å². The number of pyridine rings is 1. The quantitative estimate of drug-likeness (QED) is 0.841. The maximum atomic E-state index is 13.7. The predicted molar refractivity (Wildman–Crippen MR) is 63.0 cm³/mol. The van der Waals surface area contributed by atoms with E-state index in [-0.39, 0.29) is 5.69 Å². The molecule has 0 saturated carbocycles. The van der Waals surface area contributed by atoms with Crippen molar-refractivity contribution >= 4 is 17.1 Å². The van der Waals surface area contributed by atoms with E-state index in [1.54, 1.807) is 13.0 Å². The van der Waals surface area contributed by atoms with Crippen LogP contribution in [0.15, 0.2) is 30.6 Å². The molecule has 0 amide bonds. The summed E-state index contributed by atoms with van der Waals surface area (Å²) >= 11 is 0. The second-order valence-electron chi connectivity index (χ2n) is 3.64. The summed E-state index contributed by atoms with van der Waals surface area (Å²) in [5.74, 6) is -1.29. The number of anilines is 3. The summed E-state index contributed by atoms with van der Waals surface area (Å²) in [7, 11) is 0. The van der Waals surface area contributed by atoms with E-state index in [9.17, 15) is 8.78 Å². The predicted octanol–water partition coefficient (Wildman–Crippen LogP) is 2.99. The van der Waals surface area contributed by atoms with Crippen LogP contribution in [0.4, 0.5) is 25.8 Å². The number of hydrogen-bond donors (Lipinski definition) is 2. The average Bonchev–Trinajstić information content (AvgIpc) is 2.32. The highest BCUT2D eigenvalue weighted by Gasteiger charge is 2.12. The first-order chi connectivity index (χ1) is 8.09. The zero-order chi connectivity index (χ0) is 12.4. The van der Waals surface area contributed by atoms with E-state index in [1.165, 1.54) is 24.5 Å². The molecule has 0 spiro atoms. The first kappa shape index (κ1) is 11.3. The van der Waals surface area contributed by atoms with E-state index >= 15 is 0 Å². The van der Waals surface area contributed by atoms with Gasteiger partial charge in [0.2, 0.25) is 0 Å². The van der Waals surface area contributed by atoms with Gasteiger partial charge in [0, 0.05) is 6.20 Å². The first-order valence-electron chi connectivity index (χ1n) is 5.00. The van der Waals surface area contributed by atoms with Gasteiger partial charge in [-0.15, -0.1) is 0 Å². The molecule has 0 unspecified atom stereocenters. The van der Waals surface area contributed by atoms with E-state index in [2.05, 4.69) is 10.3 Å². The Balaban J connectivity index is 2.43. The number of nitrogen functional groups attached to an aromatic ring is 1. The Morgan fingerprint density at radius 1 is 1.24 bits per heavy atom. The zero-order valence-electron chi connectivity index (χ0n) is 9.17. The van der Waals surface area contributed by atoms with E-state index < -0.39 is 11.6 Å². The molecule has 17 heavy (non-hydrogen) atoms. The molecule has 1 aromatic carbocycles. The lowest BCUT2D eigenvalue weighted by molar-refractivity contribution is 0.585. The molecule has 2 aromatic rings. The molecule has 2 rings (SSSR count). The first-order valence-corrected chi connectivity index (χ1v) is 5.00. The molecule has 0 radical (unpaired) electrons. The van der Waals surface area contributed by atoms with Crippen molar-refractivity contribution in [2.24, 2.45) is 0 Å². The highest BCUT2D eigenvalue weighted by molar-refractivity contribution is 5.72. The fourth-order valence-corrected chi connectivity index (χ4v) is 1.43. The van der Waals surface area contributed by atoms with Gasteiger partial charge in [-0.1, -0.05) is 6.07 Å². The average molecular weight is 235 g/mol. The minimum Gasteiger partial charge on any atom is -0.396 e. The van der Waals surface area contributed by atoms with Crippen molar-refractivity contribution in [2.45, 2.75) is 6.92 Å². The van der Waals surface area contributed by atoms with Gasteiger partial charge in [0.05, 0.1) is 17.6 Å². The third-order valence-corrected chi connectivity index (χ3v) is 2.40. The van der Waals surface area contributed by atoms with Crippen LogP contribution >= 0.6 is 0 Å². The zero-order valence-corrected chi connectivity index (χ0v) is 9.17. The smallest absolute Gasteiger partial charge is 0.152 e. The number of benzene rings is 1. The minimum atomic E-state index is -0.663. The Morgan fingerprint density at radius 3 is 2.71 bits per heavy atom. The summed E-state index contributed by atoms with van der Waals surface area (Å²) in [5.41, 5.74) is 6.54. The van der Waals surface area contributed by atoms with Gasteiger partial charge in [0.1, 0.15) is 11.5 Å². The maximum absolute atomic E-state index is 13.7. The minimum absolute atomic E-state index is 0.206. The van der Waals surface area contributed by atoms with Crippen molar-refractivity contribution in [3.8, 4) is 0 Å². The van der Waals surface area contributed by atoms with Gasteiger partial charge in [-0.25, -0.2) is 8.78 Å². The number of aryl methyl sites for hydroxylation is 1. The lowest BCUT2D eigenvalue weighted by Gasteiger charge is -2.11. The van der Waals surface area contributed by atoms with Crippen molar-refractivity contribution in [3.05, 3.63) is 47.8 Å². The standard InChI is InChI=1S/C12H11F2N3/c1-7-2-3-8(13)12(11(7)14)17-10-4-5-16-6-9(10)15/h2-6H,15H2,1H3,(H,16,17). The van der Waals surface area contributed by atoms with Gasteiger partial charge in [-0.3, -0.25) is 4.98 Å². The lowest BCUT2D eigenvalue weighted by atomic mass is 10.2. The number of rotatable bonds is 2. The molecule has 0 fully saturated rings. The Bertz CT molecular complexity index is 555. The van der Waals surface area contributed by atoms with Crippen LogP contribution in [-0.2, 0) is 0 Å². The Labute approximate surface area is 97.3 Å². The Morgan fingerprint density at radius 2 is 2.00 bits per heavy atom. The summed E-state index contributed by atoms with van der Waals surface area (Å²) in [5, 5.41) is 2.63. The van der Waals surface area contributed by atoms with Crippen LogP contribution in [0.1, 0.15) is 5.56 Å². The Kier molecular flexibility index (Phi) is 2.91. The summed E-state index contributed by atoms with van der Waals surface area (Å²) in [6.07, 6.45) is 2.90. The number of nitrogens with one attached hydrogen (secondary N) is 1. The molecule has 0 aliphatic heterocycles. The van der Waals surface area contributed by atoms with Gasteiger partial charge in [-0.2, -0.15) is 0 Å². The summed E-state index contributed by atoms with van der Waals surface area (Å²) in [6, 6.07) is 4.14. The lowest BCUT2D eigenvalue weighted by Crippen LogP contribution is -2.02. The summed E-state index contributed by atoms with van der Waals surface area (Å²) in [6.45, 7) is 1.57. The molecule has 0 aliphatic carbocycles. The van der Waals surface area contributed by atoms with Crippen LogP contribution in [0.2, 0.25) is 0 Å². The second-order valence-corrected chi connectivity index (χ2v) is 3.64. The topological polar surface area (TPSA) is 50.9 Å². The molecule has 1 heterocycles. The largest absolute Gasteiger partial charge is 0.396 e. The van der Waals surface area contributed by atoms with Crippen molar-refractivity contribution in [1.29, 1.82) is 0 Å². The van der Waals surface area contributed by atoms with E-state index in [1.807, 2.05) is 0 Å². The molecule has 0 atom stereocenters. The SMILES string of the molecule is Cc1ccc(F)c(Nc2ccncc2N)c1F. The van der Waals surface area contributed by atoms with Crippen molar-refractivity contribution in [2.75, 3.05) is 11.1 Å². The fourth-order valence-electron chi connectivity index (χ4n) is 1.43. The molecule has 5 heteroatoms. The van der Waals surface area contributed by atoms with Gasteiger partial charge in [0.25, 0.3) is 0 Å². The number of nitrogens with two attached hydrogens (primary N) is 1. The van der Waals surface area contributed by atoms with E-state index in [0.717, 1.165) is 0 Å². The molecule has 0 aliphatic rings. The monoisotopic (exact) mass is 235 g/mol. The highest BCUT2D eigenvalue weighted by atomic mass is 19.1. The van der Waals surface area contributed by atoms with E-state index in [4.69, 9.17) is 5.73 Å². The molecule has 1 aromatic heterocycles. The molecular weight excluding hydrogens is 224 g/mol. The number of hydrogen-bond acceptors (Lipinski definition) is 3. The van der Waals surface area contributed by atoms with Crippen molar-refractivity contribution < 1.29 is 8.78 Å². The van der Waals surface area contributed by atoms with Crippen LogP contribution in [0, 0.1) is 18.6 Å². The van der Waals surface area contributed by atoms with Crippen molar-refractivity contribution in [3.63, 3.8) is 0 Å². The molecule has 88 valence electrons. The summed E-state index contributed by atoms with van der Waals surface area (Å²) < 4.78 is 27.2.